The highest BCUT2D eigenvalue weighted by atomic mass is 32.2. The molecular formula is C10H13N3S2. The number of nitrogens with zero attached hydrogens (tertiary/aromatic N) is 1. The molecule has 3 nitrogen and oxygen atoms in total. The topological polar surface area (TPSA) is 54.7 Å². The second kappa shape index (κ2) is 4.81. The monoisotopic (exact) mass is 239 g/mol. The zero-order valence-electron chi connectivity index (χ0n) is 8.49. The maximum Gasteiger partial charge on any atom is 0.166 e. The van der Waals surface area contributed by atoms with Crippen molar-refractivity contribution in [2.75, 3.05) is 23.5 Å². The summed E-state index contributed by atoms with van der Waals surface area (Å²) in [7, 11) is 0. The van der Waals surface area contributed by atoms with E-state index in [-0.39, 0.29) is 0 Å². The number of fused-ring (bicyclic) bond motifs is 1. The normalized spacial score (nSPS) is 11.0. The SMILES string of the molecule is CSCCSc1nc2ccc(N)cc2[nH]1. The maximum absolute atomic E-state index is 5.70. The summed E-state index contributed by atoms with van der Waals surface area (Å²) < 4.78 is 0. The molecule has 0 aliphatic heterocycles. The number of nitrogens with two attached hydrogens (primary N) is 1. The van der Waals surface area contributed by atoms with Gasteiger partial charge in [-0.25, -0.2) is 4.98 Å². The number of rotatable bonds is 4. The van der Waals surface area contributed by atoms with Crippen molar-refractivity contribution in [3.63, 3.8) is 0 Å². The fourth-order valence-electron chi connectivity index (χ4n) is 1.29. The Hall–Kier alpha value is -0.810. The second-order valence-electron chi connectivity index (χ2n) is 3.16. The number of thioether (sulfide) groups is 2. The first-order chi connectivity index (χ1) is 7.29. The van der Waals surface area contributed by atoms with Gasteiger partial charge in [0.2, 0.25) is 0 Å². The minimum Gasteiger partial charge on any atom is -0.399 e. The van der Waals surface area contributed by atoms with Crippen molar-refractivity contribution in [3.05, 3.63) is 18.2 Å². The highest BCUT2D eigenvalue weighted by molar-refractivity contribution is 8.02. The smallest absolute Gasteiger partial charge is 0.166 e. The number of benzene rings is 1. The molecule has 80 valence electrons. The van der Waals surface area contributed by atoms with Crippen molar-refractivity contribution >= 4 is 40.2 Å². The molecule has 0 saturated heterocycles. The van der Waals surface area contributed by atoms with E-state index >= 15 is 0 Å². The van der Waals surface area contributed by atoms with E-state index in [0.29, 0.717) is 0 Å². The Bertz CT molecular complexity index is 453. The van der Waals surface area contributed by atoms with Crippen LogP contribution >= 0.6 is 23.5 Å². The summed E-state index contributed by atoms with van der Waals surface area (Å²) >= 11 is 3.60. The molecule has 5 heteroatoms. The van der Waals surface area contributed by atoms with Crippen molar-refractivity contribution in [1.29, 1.82) is 0 Å². The third-order valence-electron chi connectivity index (χ3n) is 2.01. The number of aromatic amines is 1. The summed E-state index contributed by atoms with van der Waals surface area (Å²) in [5.74, 6) is 2.22. The van der Waals surface area contributed by atoms with Crippen LogP contribution in [-0.2, 0) is 0 Å². The summed E-state index contributed by atoms with van der Waals surface area (Å²) in [6, 6.07) is 5.74. The Morgan fingerprint density at radius 2 is 2.27 bits per heavy atom. The Kier molecular flexibility index (Phi) is 3.43. The van der Waals surface area contributed by atoms with Crippen LogP contribution in [0.2, 0.25) is 0 Å². The van der Waals surface area contributed by atoms with Gasteiger partial charge in [-0.3, -0.25) is 0 Å². The summed E-state index contributed by atoms with van der Waals surface area (Å²) in [6.07, 6.45) is 2.11. The van der Waals surface area contributed by atoms with Crippen molar-refractivity contribution < 1.29 is 0 Å². The van der Waals surface area contributed by atoms with Crippen molar-refractivity contribution in [1.82, 2.24) is 9.97 Å². The first-order valence-electron chi connectivity index (χ1n) is 4.66. The molecule has 0 fully saturated rings. The van der Waals surface area contributed by atoms with E-state index in [1.165, 1.54) is 0 Å². The number of nitrogen functional groups attached to an aromatic ring is 1. The van der Waals surface area contributed by atoms with E-state index < -0.39 is 0 Å². The predicted molar refractivity (Wildman–Crippen MR) is 69.6 cm³/mol. The molecule has 0 aliphatic carbocycles. The van der Waals surface area contributed by atoms with E-state index in [0.717, 1.165) is 33.4 Å². The largest absolute Gasteiger partial charge is 0.399 e. The van der Waals surface area contributed by atoms with Crippen LogP contribution in [0.25, 0.3) is 11.0 Å². The van der Waals surface area contributed by atoms with Crippen molar-refractivity contribution in [3.8, 4) is 0 Å². The number of anilines is 1. The highest BCUT2D eigenvalue weighted by Gasteiger charge is 2.02. The molecule has 2 rings (SSSR count). The van der Waals surface area contributed by atoms with Crippen LogP contribution in [0.3, 0.4) is 0 Å². The van der Waals surface area contributed by atoms with E-state index in [2.05, 4.69) is 16.2 Å². The van der Waals surface area contributed by atoms with Crippen LogP contribution in [0.15, 0.2) is 23.4 Å². The zero-order valence-corrected chi connectivity index (χ0v) is 10.1. The standard InChI is InChI=1S/C10H13N3S2/c1-14-4-5-15-10-12-8-3-2-7(11)6-9(8)13-10/h2-3,6H,4-5,11H2,1H3,(H,12,13). The van der Waals surface area contributed by atoms with Gasteiger partial charge in [-0.15, -0.1) is 0 Å². The molecule has 15 heavy (non-hydrogen) atoms. The second-order valence-corrected chi connectivity index (χ2v) is 5.23. The molecule has 0 radical (unpaired) electrons. The zero-order chi connectivity index (χ0) is 10.7. The average molecular weight is 239 g/mol. The van der Waals surface area contributed by atoms with Gasteiger partial charge in [-0.2, -0.15) is 11.8 Å². The first kappa shape index (κ1) is 10.7. The molecule has 2 aromatic rings. The molecule has 3 N–H and O–H groups in total. The third-order valence-corrected chi connectivity index (χ3v) is 3.76. The molecule has 1 aromatic heterocycles. The van der Waals surface area contributed by atoms with Crippen LogP contribution in [0, 0.1) is 0 Å². The number of imidazole rings is 1. The summed E-state index contributed by atoms with van der Waals surface area (Å²) in [5.41, 5.74) is 8.46. The average Bonchev–Trinajstić information content (AvgIpc) is 2.60. The summed E-state index contributed by atoms with van der Waals surface area (Å²) in [5, 5.41) is 0.977. The number of hydrogen-bond donors (Lipinski definition) is 2. The lowest BCUT2D eigenvalue weighted by molar-refractivity contribution is 1.08. The fourth-order valence-corrected chi connectivity index (χ4v) is 2.83. The van der Waals surface area contributed by atoms with E-state index in [1.807, 2.05) is 30.0 Å². The minimum atomic E-state index is 0.770. The third kappa shape index (κ3) is 2.60. The van der Waals surface area contributed by atoms with Gasteiger partial charge in [0.05, 0.1) is 11.0 Å². The van der Waals surface area contributed by atoms with E-state index in [4.69, 9.17) is 5.73 Å². The molecule has 0 saturated carbocycles. The van der Waals surface area contributed by atoms with Crippen LogP contribution < -0.4 is 5.73 Å². The van der Waals surface area contributed by atoms with Crippen LogP contribution in [-0.4, -0.2) is 27.7 Å². The Labute approximate surface area is 97.2 Å². The lowest BCUT2D eigenvalue weighted by Gasteiger charge is -1.93. The summed E-state index contributed by atoms with van der Waals surface area (Å²) in [4.78, 5) is 7.73. The van der Waals surface area contributed by atoms with Gasteiger partial charge in [-0.1, -0.05) is 11.8 Å². The van der Waals surface area contributed by atoms with Gasteiger partial charge in [0.15, 0.2) is 5.16 Å². The van der Waals surface area contributed by atoms with E-state index in [1.54, 1.807) is 11.8 Å². The Morgan fingerprint density at radius 3 is 3.07 bits per heavy atom. The fraction of sp³-hybridized carbons (Fsp3) is 0.300. The molecule has 0 unspecified atom stereocenters. The van der Waals surface area contributed by atoms with Gasteiger partial charge >= 0.3 is 0 Å². The quantitative estimate of drug-likeness (QED) is 0.489. The molecule has 0 spiro atoms. The molecule has 1 aromatic carbocycles. The van der Waals surface area contributed by atoms with Crippen LogP contribution in [0.4, 0.5) is 5.69 Å². The van der Waals surface area contributed by atoms with Crippen LogP contribution in [0.5, 0.6) is 0 Å². The Balaban J connectivity index is 2.16. The van der Waals surface area contributed by atoms with Gasteiger partial charge in [0, 0.05) is 17.2 Å². The van der Waals surface area contributed by atoms with Gasteiger partial charge < -0.3 is 10.7 Å². The molecular weight excluding hydrogens is 226 g/mol. The Morgan fingerprint density at radius 1 is 1.40 bits per heavy atom. The maximum atomic E-state index is 5.70. The lowest BCUT2D eigenvalue weighted by Crippen LogP contribution is -1.83. The molecule has 0 bridgehead atoms. The lowest BCUT2D eigenvalue weighted by atomic mass is 10.3. The van der Waals surface area contributed by atoms with Gasteiger partial charge in [0.25, 0.3) is 0 Å². The molecule has 0 aliphatic rings. The molecule has 1 heterocycles. The molecule has 0 amide bonds. The number of hydrogen-bond acceptors (Lipinski definition) is 4. The number of H-pyrrole nitrogens is 1. The van der Waals surface area contributed by atoms with Crippen LogP contribution in [0.1, 0.15) is 0 Å². The first-order valence-corrected chi connectivity index (χ1v) is 7.04. The van der Waals surface area contributed by atoms with Crippen molar-refractivity contribution in [2.24, 2.45) is 0 Å². The molecule has 0 atom stereocenters. The number of nitrogens with one attached hydrogen (secondary N) is 1. The van der Waals surface area contributed by atoms with Gasteiger partial charge in [0.1, 0.15) is 0 Å². The number of aromatic nitrogens is 2. The van der Waals surface area contributed by atoms with Gasteiger partial charge in [-0.05, 0) is 24.5 Å². The van der Waals surface area contributed by atoms with Crippen molar-refractivity contribution in [2.45, 2.75) is 5.16 Å². The van der Waals surface area contributed by atoms with E-state index in [9.17, 15) is 0 Å². The highest BCUT2D eigenvalue weighted by Crippen LogP contribution is 2.21. The summed E-state index contributed by atoms with van der Waals surface area (Å²) in [6.45, 7) is 0. The minimum absolute atomic E-state index is 0.770. The predicted octanol–water partition coefficient (Wildman–Crippen LogP) is 2.60.